The summed E-state index contributed by atoms with van der Waals surface area (Å²) in [4.78, 5) is 22.8. The Labute approximate surface area is 198 Å². The molecule has 0 saturated carbocycles. The highest BCUT2D eigenvalue weighted by molar-refractivity contribution is 5.87. The van der Waals surface area contributed by atoms with Crippen LogP contribution in [0.3, 0.4) is 0 Å². The van der Waals surface area contributed by atoms with Crippen LogP contribution in [0.15, 0.2) is 85.8 Å². The largest absolute Gasteiger partial charge is 0.457 e. The van der Waals surface area contributed by atoms with Crippen molar-refractivity contribution in [2.45, 2.75) is 19.4 Å². The third-order valence-corrected chi connectivity index (χ3v) is 5.99. The van der Waals surface area contributed by atoms with Crippen LogP contribution < -0.4 is 9.47 Å². The Morgan fingerprint density at radius 1 is 1.00 bits per heavy atom. The van der Waals surface area contributed by atoms with Crippen LogP contribution in [-0.4, -0.2) is 38.4 Å². The van der Waals surface area contributed by atoms with Gasteiger partial charge in [0.05, 0.1) is 5.52 Å². The summed E-state index contributed by atoms with van der Waals surface area (Å²) in [6.07, 6.45) is 6.97. The first kappa shape index (κ1) is 21.7. The average molecular weight is 455 g/mol. The topological polar surface area (TPSA) is 69.5 Å². The summed E-state index contributed by atoms with van der Waals surface area (Å²) in [5, 5.41) is 0. The molecule has 1 aliphatic heterocycles. The molecule has 1 aliphatic rings. The van der Waals surface area contributed by atoms with Crippen LogP contribution in [-0.2, 0) is 11.3 Å². The van der Waals surface area contributed by atoms with E-state index in [4.69, 9.17) is 9.47 Å². The number of likely N-dealkylation sites (tertiary alicyclic amines) is 1. The van der Waals surface area contributed by atoms with Gasteiger partial charge in [-0.2, -0.15) is 4.98 Å². The molecular formula is C27H26N4O3. The van der Waals surface area contributed by atoms with Gasteiger partial charge >= 0.3 is 0 Å². The lowest BCUT2D eigenvalue weighted by Crippen LogP contribution is -2.40. The number of carbonyl (C=O) groups is 1. The summed E-state index contributed by atoms with van der Waals surface area (Å²) < 4.78 is 14.1. The summed E-state index contributed by atoms with van der Waals surface area (Å²) in [5.74, 6) is 3.01. The highest BCUT2D eigenvalue weighted by Gasteiger charge is 2.23. The van der Waals surface area contributed by atoms with Crippen molar-refractivity contribution in [1.29, 1.82) is 0 Å². The Bertz CT molecular complexity index is 1280. The highest BCUT2D eigenvalue weighted by atomic mass is 16.5. The summed E-state index contributed by atoms with van der Waals surface area (Å²) in [5.41, 5.74) is 1.67. The fourth-order valence-corrected chi connectivity index (χ4v) is 4.36. The van der Waals surface area contributed by atoms with E-state index in [0.29, 0.717) is 17.5 Å². The number of amides is 1. The summed E-state index contributed by atoms with van der Waals surface area (Å²) >= 11 is 0. The van der Waals surface area contributed by atoms with Crippen LogP contribution in [0.1, 0.15) is 12.8 Å². The van der Waals surface area contributed by atoms with Crippen LogP contribution in [0, 0.1) is 5.92 Å². The van der Waals surface area contributed by atoms with Gasteiger partial charge in [0.15, 0.2) is 0 Å². The first-order valence-electron chi connectivity index (χ1n) is 11.4. The molecule has 4 aromatic rings. The second-order valence-corrected chi connectivity index (χ2v) is 8.37. The van der Waals surface area contributed by atoms with E-state index < -0.39 is 0 Å². The first-order chi connectivity index (χ1) is 16.7. The molecule has 0 aliphatic carbocycles. The van der Waals surface area contributed by atoms with Gasteiger partial charge in [-0.15, -0.1) is 0 Å². The van der Waals surface area contributed by atoms with Gasteiger partial charge < -0.3 is 18.9 Å². The molecule has 1 fully saturated rings. The molecule has 3 heterocycles. The molecule has 1 saturated heterocycles. The molecule has 1 amide bonds. The van der Waals surface area contributed by atoms with Gasteiger partial charge in [-0.05, 0) is 67.3 Å². The van der Waals surface area contributed by atoms with Crippen molar-refractivity contribution in [3.63, 3.8) is 0 Å². The smallest absolute Gasteiger partial charge is 0.247 e. The van der Waals surface area contributed by atoms with Gasteiger partial charge in [0.1, 0.15) is 29.1 Å². The third kappa shape index (κ3) is 4.78. The number of rotatable bonds is 7. The first-order valence-corrected chi connectivity index (χ1v) is 11.4. The van der Waals surface area contributed by atoms with E-state index in [1.54, 1.807) is 0 Å². The molecule has 7 nitrogen and oxygen atoms in total. The monoisotopic (exact) mass is 454 g/mol. The number of hydrogen-bond donors (Lipinski definition) is 0. The number of carbonyl (C=O) groups excluding carboxylic acids is 1. The van der Waals surface area contributed by atoms with Gasteiger partial charge in [0, 0.05) is 25.8 Å². The maximum Gasteiger partial charge on any atom is 0.247 e. The van der Waals surface area contributed by atoms with Crippen molar-refractivity contribution < 1.29 is 14.3 Å². The van der Waals surface area contributed by atoms with E-state index in [0.717, 1.165) is 55.0 Å². The van der Waals surface area contributed by atoms with Crippen LogP contribution in [0.4, 0.5) is 0 Å². The Hall–Kier alpha value is -4.13. The molecule has 0 bridgehead atoms. The maximum atomic E-state index is 12.1. The summed E-state index contributed by atoms with van der Waals surface area (Å²) in [7, 11) is 0. The van der Waals surface area contributed by atoms with Crippen molar-refractivity contribution in [2.75, 3.05) is 13.1 Å². The minimum absolute atomic E-state index is 0.00545. The number of para-hydroxylation sites is 1. The van der Waals surface area contributed by atoms with Crippen molar-refractivity contribution >= 4 is 16.9 Å². The predicted molar refractivity (Wildman–Crippen MR) is 130 cm³/mol. The maximum absolute atomic E-state index is 12.1. The summed E-state index contributed by atoms with van der Waals surface area (Å²) in [6.45, 7) is 5.89. The quantitative estimate of drug-likeness (QED) is 0.348. The number of hydrogen-bond acceptors (Lipinski definition) is 5. The van der Waals surface area contributed by atoms with E-state index >= 15 is 0 Å². The SMILES string of the molecule is C=CC(=O)N1CCCC(Cn2ccc3ncnc(Oc4ccc(Oc5ccccc5)cc4)c32)C1. The number of benzene rings is 2. The number of fused-ring (bicyclic) bond motifs is 1. The Kier molecular flexibility index (Phi) is 6.25. The second-order valence-electron chi connectivity index (χ2n) is 8.37. The molecule has 2 aromatic heterocycles. The van der Waals surface area contributed by atoms with Crippen molar-refractivity contribution in [3.8, 4) is 23.1 Å². The molecule has 0 N–H and O–H groups in total. The fraction of sp³-hybridized carbons (Fsp3) is 0.222. The Morgan fingerprint density at radius 2 is 1.74 bits per heavy atom. The zero-order valence-electron chi connectivity index (χ0n) is 18.8. The standard InChI is InChI=1S/C27H26N4O3/c1-2-25(32)30-15-6-7-20(17-30)18-31-16-14-24-26(31)27(29-19-28-24)34-23-12-10-22(11-13-23)33-21-8-4-3-5-9-21/h2-5,8-14,16,19-20H,1,6-7,15,17-18H2. The van der Waals surface area contributed by atoms with E-state index in [1.807, 2.05) is 71.8 Å². The van der Waals surface area contributed by atoms with Crippen LogP contribution in [0.5, 0.6) is 23.1 Å². The van der Waals surface area contributed by atoms with Crippen LogP contribution in [0.2, 0.25) is 0 Å². The molecule has 7 heteroatoms. The molecular weight excluding hydrogens is 428 g/mol. The van der Waals surface area contributed by atoms with Gasteiger partial charge in [-0.3, -0.25) is 4.79 Å². The lowest BCUT2D eigenvalue weighted by atomic mass is 9.98. The van der Waals surface area contributed by atoms with Gasteiger partial charge in [0.25, 0.3) is 0 Å². The molecule has 34 heavy (non-hydrogen) atoms. The van der Waals surface area contributed by atoms with Crippen LogP contribution >= 0.6 is 0 Å². The molecule has 1 atom stereocenters. The van der Waals surface area contributed by atoms with Gasteiger partial charge in [-0.1, -0.05) is 24.8 Å². The van der Waals surface area contributed by atoms with Gasteiger partial charge in [0.2, 0.25) is 11.8 Å². The van der Waals surface area contributed by atoms with E-state index in [1.165, 1.54) is 12.4 Å². The minimum Gasteiger partial charge on any atom is -0.457 e. The lowest BCUT2D eigenvalue weighted by molar-refractivity contribution is -0.127. The normalized spacial score (nSPS) is 15.8. The van der Waals surface area contributed by atoms with Crippen LogP contribution in [0.25, 0.3) is 11.0 Å². The highest BCUT2D eigenvalue weighted by Crippen LogP contribution is 2.31. The van der Waals surface area contributed by atoms with Crippen molar-refractivity contribution in [2.24, 2.45) is 5.92 Å². The molecule has 0 radical (unpaired) electrons. The number of piperidine rings is 1. The number of nitrogens with zero attached hydrogens (tertiary/aromatic N) is 4. The fourth-order valence-electron chi connectivity index (χ4n) is 4.36. The van der Waals surface area contributed by atoms with Gasteiger partial charge in [-0.25, -0.2) is 4.98 Å². The minimum atomic E-state index is -0.00545. The second kappa shape index (κ2) is 9.79. The van der Waals surface area contributed by atoms with E-state index in [9.17, 15) is 4.79 Å². The van der Waals surface area contributed by atoms with E-state index in [-0.39, 0.29) is 5.91 Å². The molecule has 0 spiro atoms. The van der Waals surface area contributed by atoms with E-state index in [2.05, 4.69) is 21.1 Å². The average Bonchev–Trinajstić information content (AvgIpc) is 3.29. The zero-order valence-corrected chi connectivity index (χ0v) is 18.8. The predicted octanol–water partition coefficient (Wildman–Crippen LogP) is 5.44. The molecule has 1 unspecified atom stereocenters. The molecule has 5 rings (SSSR count). The lowest BCUT2D eigenvalue weighted by Gasteiger charge is -2.32. The molecule has 2 aromatic carbocycles. The number of ether oxygens (including phenoxy) is 2. The zero-order chi connectivity index (χ0) is 23.3. The molecule has 172 valence electrons. The Balaban J connectivity index is 1.33. The summed E-state index contributed by atoms with van der Waals surface area (Å²) in [6, 6.07) is 19.1. The third-order valence-electron chi connectivity index (χ3n) is 5.99. The number of aromatic nitrogens is 3. The van der Waals surface area contributed by atoms with Crippen molar-refractivity contribution in [3.05, 3.63) is 85.8 Å². The Morgan fingerprint density at radius 3 is 2.50 bits per heavy atom. The van der Waals surface area contributed by atoms with Crippen molar-refractivity contribution in [1.82, 2.24) is 19.4 Å².